The number of hydrogen-bond acceptors (Lipinski definition) is 10. The number of rotatable bonds is 11. The number of benzene rings is 2. The summed E-state index contributed by atoms with van der Waals surface area (Å²) in [6.07, 6.45) is 2.31. The zero-order chi connectivity index (χ0) is 28.1. The number of tetrazole rings is 1. The average molecular weight is 545 g/mol. The van der Waals surface area contributed by atoms with Gasteiger partial charge >= 0.3 is 11.8 Å². The number of H-pyrrole nitrogens is 1. The molecule has 0 fully saturated rings. The number of aromatic nitrogens is 6. The van der Waals surface area contributed by atoms with E-state index in [0.717, 1.165) is 35.1 Å². The summed E-state index contributed by atoms with van der Waals surface area (Å²) in [5.41, 5.74) is 3.86. The lowest BCUT2D eigenvalue weighted by Crippen LogP contribution is -2.12. The lowest BCUT2D eigenvalue weighted by atomic mass is 9.98. The standard InChI is InChI=1S/C28H28N6O6/c1-3-4-9-24-29-25(22(15-35)34(24)14-23-17(2)39-28(37)40-23)27(36)38-16-18-10-12-19(13-11-18)20-7-5-6-8-21(20)26-30-32-33-31-26/h5-8,10-13,35H,3-4,9,14-16H2,1-2H3,(H,30,31,32,33). The van der Waals surface area contributed by atoms with E-state index in [2.05, 4.69) is 25.6 Å². The number of carbonyl (C=O) groups excluding carboxylic acids is 1. The third-order valence-corrected chi connectivity index (χ3v) is 6.55. The molecule has 0 saturated heterocycles. The van der Waals surface area contributed by atoms with Crippen LogP contribution in [0.4, 0.5) is 0 Å². The van der Waals surface area contributed by atoms with Crippen molar-refractivity contribution in [1.82, 2.24) is 30.2 Å². The predicted octanol–water partition coefficient (Wildman–Crippen LogP) is 3.83. The smallest absolute Gasteiger partial charge is 0.456 e. The highest BCUT2D eigenvalue weighted by Crippen LogP contribution is 2.30. The summed E-state index contributed by atoms with van der Waals surface area (Å²) in [4.78, 5) is 29.1. The van der Waals surface area contributed by atoms with Crippen molar-refractivity contribution in [2.75, 3.05) is 0 Å². The number of esters is 1. The van der Waals surface area contributed by atoms with E-state index in [1.165, 1.54) is 0 Å². The maximum absolute atomic E-state index is 13.1. The first-order valence-electron chi connectivity index (χ1n) is 12.9. The van der Waals surface area contributed by atoms with Gasteiger partial charge in [-0.2, -0.15) is 0 Å². The quantitative estimate of drug-likeness (QED) is 0.234. The van der Waals surface area contributed by atoms with Gasteiger partial charge < -0.3 is 23.2 Å². The molecule has 5 aromatic rings. The molecule has 5 rings (SSSR count). The van der Waals surface area contributed by atoms with Gasteiger partial charge in [0.15, 0.2) is 17.3 Å². The van der Waals surface area contributed by atoms with Crippen LogP contribution in [0.15, 0.2) is 62.2 Å². The van der Waals surface area contributed by atoms with E-state index in [-0.39, 0.29) is 24.5 Å². The molecule has 0 unspecified atom stereocenters. The van der Waals surface area contributed by atoms with Gasteiger partial charge in [-0.3, -0.25) is 0 Å². The molecule has 0 bridgehead atoms. The Morgan fingerprint density at radius 1 is 1.10 bits per heavy atom. The number of aliphatic hydroxyl groups excluding tert-OH is 1. The monoisotopic (exact) mass is 544 g/mol. The van der Waals surface area contributed by atoms with Gasteiger partial charge in [0, 0.05) is 12.0 Å². The Hall–Kier alpha value is -4.84. The van der Waals surface area contributed by atoms with Crippen LogP contribution in [0, 0.1) is 6.92 Å². The zero-order valence-electron chi connectivity index (χ0n) is 22.1. The van der Waals surface area contributed by atoms with Crippen LogP contribution in [0.25, 0.3) is 22.5 Å². The maximum Gasteiger partial charge on any atom is 0.519 e. The number of hydrogen-bond donors (Lipinski definition) is 2. The molecule has 0 saturated carbocycles. The summed E-state index contributed by atoms with van der Waals surface area (Å²) in [5.74, 6) is 0.324. The van der Waals surface area contributed by atoms with Crippen LogP contribution in [0.5, 0.6) is 0 Å². The van der Waals surface area contributed by atoms with Crippen LogP contribution in [0.3, 0.4) is 0 Å². The van der Waals surface area contributed by atoms with E-state index in [1.54, 1.807) is 11.5 Å². The summed E-state index contributed by atoms with van der Waals surface area (Å²) in [5, 5.41) is 24.3. The Balaban J connectivity index is 1.34. The van der Waals surface area contributed by atoms with E-state index in [9.17, 15) is 14.7 Å². The van der Waals surface area contributed by atoms with Crippen molar-refractivity contribution in [2.45, 2.75) is 52.9 Å². The fraction of sp³-hybridized carbons (Fsp3) is 0.286. The summed E-state index contributed by atoms with van der Waals surface area (Å²) < 4.78 is 17.4. The van der Waals surface area contributed by atoms with E-state index >= 15 is 0 Å². The molecule has 12 heteroatoms. The minimum Gasteiger partial charge on any atom is -0.456 e. The molecule has 12 nitrogen and oxygen atoms in total. The second kappa shape index (κ2) is 11.9. The molecule has 0 spiro atoms. The van der Waals surface area contributed by atoms with Crippen molar-refractivity contribution in [3.63, 3.8) is 0 Å². The summed E-state index contributed by atoms with van der Waals surface area (Å²) in [7, 11) is 0. The van der Waals surface area contributed by atoms with Crippen molar-refractivity contribution in [1.29, 1.82) is 0 Å². The molecule has 0 aliphatic rings. The van der Waals surface area contributed by atoms with E-state index in [4.69, 9.17) is 13.6 Å². The number of ether oxygens (including phenoxy) is 1. The SMILES string of the molecule is CCCCc1nc(C(=O)OCc2ccc(-c3ccccc3-c3nnn[nH]3)cc2)c(CO)n1Cc1oc(=O)oc1C. The number of imidazole rings is 1. The minimum absolute atomic E-state index is 0.0184. The molecule has 206 valence electrons. The molecule has 2 aromatic carbocycles. The van der Waals surface area contributed by atoms with Gasteiger partial charge in [-0.25, -0.2) is 19.7 Å². The molecule has 3 heterocycles. The Kier molecular flexibility index (Phi) is 7.97. The predicted molar refractivity (Wildman–Crippen MR) is 142 cm³/mol. The number of aryl methyl sites for hydroxylation is 2. The highest BCUT2D eigenvalue weighted by molar-refractivity contribution is 5.88. The first-order chi connectivity index (χ1) is 19.5. The van der Waals surface area contributed by atoms with Gasteiger partial charge in [0.2, 0.25) is 0 Å². The Morgan fingerprint density at radius 2 is 1.88 bits per heavy atom. The van der Waals surface area contributed by atoms with Crippen LogP contribution < -0.4 is 5.82 Å². The second-order valence-corrected chi connectivity index (χ2v) is 9.17. The molecule has 2 N–H and O–H groups in total. The van der Waals surface area contributed by atoms with Gasteiger partial charge in [0.1, 0.15) is 18.2 Å². The Morgan fingerprint density at radius 3 is 2.52 bits per heavy atom. The zero-order valence-corrected chi connectivity index (χ0v) is 22.1. The molecule has 40 heavy (non-hydrogen) atoms. The maximum atomic E-state index is 13.1. The minimum atomic E-state index is -0.808. The molecule has 0 atom stereocenters. The van der Waals surface area contributed by atoms with Gasteiger partial charge in [-0.05, 0) is 40.5 Å². The van der Waals surface area contributed by atoms with Crippen LogP contribution >= 0.6 is 0 Å². The van der Waals surface area contributed by atoms with Crippen molar-refractivity contribution in [3.05, 3.63) is 93.4 Å². The molecule has 0 aliphatic heterocycles. The van der Waals surface area contributed by atoms with Gasteiger partial charge in [-0.15, -0.1) is 5.10 Å². The normalized spacial score (nSPS) is 11.2. The molecule has 3 aromatic heterocycles. The number of aromatic amines is 1. The van der Waals surface area contributed by atoms with E-state index in [1.807, 2.05) is 55.5 Å². The first kappa shape index (κ1) is 26.8. The highest BCUT2D eigenvalue weighted by atomic mass is 16.6. The molecular formula is C28H28N6O6. The molecule has 0 aliphatic carbocycles. The highest BCUT2D eigenvalue weighted by Gasteiger charge is 2.25. The third kappa shape index (κ3) is 5.61. The lowest BCUT2D eigenvalue weighted by Gasteiger charge is -2.10. The third-order valence-electron chi connectivity index (χ3n) is 6.55. The lowest BCUT2D eigenvalue weighted by molar-refractivity contribution is 0.0462. The number of nitrogens with zero attached hydrogens (tertiary/aromatic N) is 5. The average Bonchev–Trinajstić information content (AvgIpc) is 3.70. The number of aliphatic hydroxyl groups is 1. The fourth-order valence-electron chi connectivity index (χ4n) is 4.45. The van der Waals surface area contributed by atoms with Crippen molar-refractivity contribution in [2.24, 2.45) is 0 Å². The first-order valence-corrected chi connectivity index (χ1v) is 12.9. The Bertz CT molecular complexity index is 1650. The topological polar surface area (TPSA) is 162 Å². The van der Waals surface area contributed by atoms with E-state index < -0.39 is 18.4 Å². The number of carbonyl (C=O) groups is 1. The molecular weight excluding hydrogens is 516 g/mol. The van der Waals surface area contributed by atoms with Gasteiger partial charge in [0.05, 0.1) is 18.8 Å². The summed E-state index contributed by atoms with van der Waals surface area (Å²) in [6.45, 7) is 3.33. The van der Waals surface area contributed by atoms with Crippen LogP contribution in [-0.4, -0.2) is 41.3 Å². The summed E-state index contributed by atoms with van der Waals surface area (Å²) in [6, 6.07) is 15.4. The largest absolute Gasteiger partial charge is 0.519 e. The number of nitrogens with one attached hydrogen (secondary N) is 1. The van der Waals surface area contributed by atoms with E-state index in [0.29, 0.717) is 29.6 Å². The molecule has 0 amide bonds. The van der Waals surface area contributed by atoms with Crippen molar-refractivity contribution in [3.8, 4) is 22.5 Å². The van der Waals surface area contributed by atoms with Crippen LogP contribution in [-0.2, 0) is 30.9 Å². The molecule has 0 radical (unpaired) electrons. The second-order valence-electron chi connectivity index (χ2n) is 9.17. The van der Waals surface area contributed by atoms with Crippen LogP contribution in [0.2, 0.25) is 0 Å². The van der Waals surface area contributed by atoms with Crippen molar-refractivity contribution >= 4 is 5.97 Å². The van der Waals surface area contributed by atoms with Crippen LogP contribution in [0.1, 0.15) is 58.9 Å². The fourth-order valence-corrected chi connectivity index (χ4v) is 4.45. The van der Waals surface area contributed by atoms with Gasteiger partial charge in [0.25, 0.3) is 0 Å². The Labute approximate surface area is 228 Å². The number of unbranched alkanes of at least 4 members (excludes halogenated alkanes) is 1. The van der Waals surface area contributed by atoms with Crippen molar-refractivity contribution < 1.29 is 23.5 Å². The van der Waals surface area contributed by atoms with Gasteiger partial charge in [-0.1, -0.05) is 61.9 Å². The summed E-state index contributed by atoms with van der Waals surface area (Å²) >= 11 is 0.